The zero-order valence-electron chi connectivity index (χ0n) is 10.7. The lowest BCUT2D eigenvalue weighted by atomic mass is 10.0. The highest BCUT2D eigenvalue weighted by Gasteiger charge is 2.20. The van der Waals surface area contributed by atoms with Gasteiger partial charge in [0.1, 0.15) is 0 Å². The van der Waals surface area contributed by atoms with Crippen LogP contribution in [0.5, 0.6) is 0 Å². The van der Waals surface area contributed by atoms with Crippen LogP contribution in [0.2, 0.25) is 0 Å². The van der Waals surface area contributed by atoms with Crippen LogP contribution in [-0.2, 0) is 0 Å². The first-order chi connectivity index (χ1) is 8.68. The molecule has 0 spiro atoms. The van der Waals surface area contributed by atoms with Gasteiger partial charge in [0, 0.05) is 18.8 Å². The largest absolute Gasteiger partial charge is 0.397 e. The molecule has 1 aliphatic heterocycles. The average Bonchev–Trinajstić information content (AvgIpc) is 2.38. The fourth-order valence-corrected chi connectivity index (χ4v) is 2.30. The minimum atomic E-state index is -0.188. The van der Waals surface area contributed by atoms with Gasteiger partial charge < -0.3 is 16.0 Å². The second-order valence-corrected chi connectivity index (χ2v) is 4.78. The van der Waals surface area contributed by atoms with E-state index in [9.17, 15) is 4.79 Å². The summed E-state index contributed by atoms with van der Waals surface area (Å²) in [5, 5.41) is 2.92. The van der Waals surface area contributed by atoms with E-state index >= 15 is 0 Å². The number of likely N-dealkylation sites (tertiary alicyclic amines) is 1. The molecule has 98 valence electrons. The Morgan fingerprint density at radius 2 is 2.44 bits per heavy atom. The van der Waals surface area contributed by atoms with Crippen molar-refractivity contribution in [2.24, 2.45) is 0 Å². The summed E-state index contributed by atoms with van der Waals surface area (Å²) in [5.74, 6) is -0.188. The summed E-state index contributed by atoms with van der Waals surface area (Å²) in [6.45, 7) is 1.76. The van der Waals surface area contributed by atoms with Gasteiger partial charge in [0.2, 0.25) is 0 Å². The predicted octanol–water partition coefficient (Wildman–Crippen LogP) is 0.878. The SMILES string of the molecule is CN1CCCCC1CNC(=O)c1ncccc1N. The monoisotopic (exact) mass is 248 g/mol. The Kier molecular flexibility index (Phi) is 4.15. The van der Waals surface area contributed by atoms with Gasteiger partial charge in [0.15, 0.2) is 5.69 Å². The summed E-state index contributed by atoms with van der Waals surface area (Å²) >= 11 is 0. The molecule has 2 heterocycles. The lowest BCUT2D eigenvalue weighted by molar-refractivity contribution is 0.0924. The number of pyridine rings is 1. The normalized spacial score (nSPS) is 20.6. The molecule has 0 aromatic carbocycles. The Balaban J connectivity index is 1.90. The van der Waals surface area contributed by atoms with Crippen LogP contribution in [0.3, 0.4) is 0 Å². The molecule has 1 atom stereocenters. The van der Waals surface area contributed by atoms with E-state index in [0.29, 0.717) is 24.0 Å². The Bertz CT molecular complexity index is 421. The van der Waals surface area contributed by atoms with Gasteiger partial charge in [0.25, 0.3) is 5.91 Å². The van der Waals surface area contributed by atoms with Crippen molar-refractivity contribution in [2.45, 2.75) is 25.3 Å². The van der Waals surface area contributed by atoms with Gasteiger partial charge in [-0.2, -0.15) is 0 Å². The first-order valence-corrected chi connectivity index (χ1v) is 6.37. The zero-order chi connectivity index (χ0) is 13.0. The first-order valence-electron chi connectivity index (χ1n) is 6.37. The van der Waals surface area contributed by atoms with Crippen LogP contribution in [0, 0.1) is 0 Å². The van der Waals surface area contributed by atoms with Crippen molar-refractivity contribution in [1.29, 1.82) is 0 Å². The topological polar surface area (TPSA) is 71.2 Å². The second-order valence-electron chi connectivity index (χ2n) is 4.78. The molecule has 5 nitrogen and oxygen atoms in total. The van der Waals surface area contributed by atoms with E-state index < -0.39 is 0 Å². The summed E-state index contributed by atoms with van der Waals surface area (Å²) in [6, 6.07) is 3.84. The highest BCUT2D eigenvalue weighted by molar-refractivity contribution is 5.96. The van der Waals surface area contributed by atoms with Gasteiger partial charge in [-0.25, -0.2) is 4.98 Å². The molecule has 5 heteroatoms. The molecule has 18 heavy (non-hydrogen) atoms. The number of carbonyl (C=O) groups excluding carboxylic acids is 1. The number of hydrogen-bond acceptors (Lipinski definition) is 4. The van der Waals surface area contributed by atoms with Crippen LogP contribution in [-0.4, -0.2) is 42.0 Å². The summed E-state index contributed by atoms with van der Waals surface area (Å²) in [7, 11) is 2.10. The maximum Gasteiger partial charge on any atom is 0.272 e. The van der Waals surface area contributed by atoms with Gasteiger partial charge in [-0.15, -0.1) is 0 Å². The lowest BCUT2D eigenvalue weighted by Crippen LogP contribution is -2.44. The van der Waals surface area contributed by atoms with E-state index in [-0.39, 0.29) is 5.91 Å². The number of likely N-dealkylation sites (N-methyl/N-ethyl adjacent to an activating group) is 1. The smallest absolute Gasteiger partial charge is 0.272 e. The number of aromatic nitrogens is 1. The van der Waals surface area contributed by atoms with Crippen LogP contribution in [0.25, 0.3) is 0 Å². The average molecular weight is 248 g/mol. The maximum absolute atomic E-state index is 11.9. The number of nitrogen functional groups attached to an aromatic ring is 1. The fourth-order valence-electron chi connectivity index (χ4n) is 2.30. The predicted molar refractivity (Wildman–Crippen MR) is 71.3 cm³/mol. The summed E-state index contributed by atoms with van der Waals surface area (Å²) < 4.78 is 0. The fraction of sp³-hybridized carbons (Fsp3) is 0.538. The van der Waals surface area contributed by atoms with E-state index in [2.05, 4.69) is 22.2 Å². The van der Waals surface area contributed by atoms with Crippen molar-refractivity contribution < 1.29 is 4.79 Å². The molecule has 1 unspecified atom stereocenters. The first kappa shape index (κ1) is 12.8. The number of carbonyl (C=O) groups is 1. The molecule has 0 bridgehead atoms. The highest BCUT2D eigenvalue weighted by Crippen LogP contribution is 2.14. The van der Waals surface area contributed by atoms with Gasteiger partial charge in [-0.1, -0.05) is 6.42 Å². The van der Waals surface area contributed by atoms with Crippen molar-refractivity contribution in [2.75, 3.05) is 25.9 Å². The van der Waals surface area contributed by atoms with Crippen molar-refractivity contribution in [3.8, 4) is 0 Å². The Morgan fingerprint density at radius 1 is 1.61 bits per heavy atom. The van der Waals surface area contributed by atoms with Crippen LogP contribution in [0.15, 0.2) is 18.3 Å². The Hall–Kier alpha value is -1.62. The van der Waals surface area contributed by atoms with E-state index in [1.807, 2.05) is 0 Å². The van der Waals surface area contributed by atoms with Crippen LogP contribution >= 0.6 is 0 Å². The number of piperidine rings is 1. The second kappa shape index (κ2) is 5.82. The van der Waals surface area contributed by atoms with Gasteiger partial charge in [-0.05, 0) is 38.6 Å². The molecule has 1 saturated heterocycles. The zero-order valence-corrected chi connectivity index (χ0v) is 10.7. The van der Waals surface area contributed by atoms with Gasteiger partial charge in [-0.3, -0.25) is 4.79 Å². The lowest BCUT2D eigenvalue weighted by Gasteiger charge is -2.32. The molecular formula is C13H20N4O. The van der Waals surface area contributed by atoms with E-state index in [1.54, 1.807) is 18.3 Å². The van der Waals surface area contributed by atoms with E-state index in [1.165, 1.54) is 12.8 Å². The molecule has 1 amide bonds. The van der Waals surface area contributed by atoms with Crippen LogP contribution in [0.4, 0.5) is 5.69 Å². The summed E-state index contributed by atoms with van der Waals surface area (Å²) in [4.78, 5) is 18.3. The molecule has 3 N–H and O–H groups in total. The quantitative estimate of drug-likeness (QED) is 0.833. The number of anilines is 1. The molecule has 2 rings (SSSR count). The third-order valence-electron chi connectivity index (χ3n) is 3.47. The molecule has 1 aromatic rings. The number of nitrogens with zero attached hydrogens (tertiary/aromatic N) is 2. The minimum Gasteiger partial charge on any atom is -0.397 e. The standard InChI is InChI=1S/C13H20N4O/c1-17-8-3-2-5-10(17)9-16-13(18)12-11(14)6-4-7-15-12/h4,6-7,10H,2-3,5,8-9,14H2,1H3,(H,16,18). The Labute approximate surface area is 107 Å². The summed E-state index contributed by atoms with van der Waals surface area (Å²) in [6.07, 6.45) is 5.19. The summed E-state index contributed by atoms with van der Waals surface area (Å²) in [5.41, 5.74) is 6.46. The maximum atomic E-state index is 11.9. The molecule has 1 fully saturated rings. The third-order valence-corrected chi connectivity index (χ3v) is 3.47. The third kappa shape index (κ3) is 2.98. The van der Waals surface area contributed by atoms with E-state index in [4.69, 9.17) is 5.73 Å². The van der Waals surface area contributed by atoms with E-state index in [0.717, 1.165) is 13.0 Å². The van der Waals surface area contributed by atoms with Crippen molar-refractivity contribution in [3.63, 3.8) is 0 Å². The molecule has 1 aromatic heterocycles. The van der Waals surface area contributed by atoms with Crippen molar-refractivity contribution in [1.82, 2.24) is 15.2 Å². The Morgan fingerprint density at radius 3 is 3.17 bits per heavy atom. The number of nitrogens with one attached hydrogen (secondary N) is 1. The number of nitrogens with two attached hydrogens (primary N) is 1. The number of rotatable bonds is 3. The van der Waals surface area contributed by atoms with Crippen LogP contribution in [0.1, 0.15) is 29.8 Å². The minimum absolute atomic E-state index is 0.188. The molecule has 0 radical (unpaired) electrons. The molecular weight excluding hydrogens is 228 g/mol. The van der Waals surface area contributed by atoms with Gasteiger partial charge >= 0.3 is 0 Å². The molecule has 1 aliphatic rings. The number of hydrogen-bond donors (Lipinski definition) is 2. The van der Waals surface area contributed by atoms with Gasteiger partial charge in [0.05, 0.1) is 5.69 Å². The molecule has 0 saturated carbocycles. The number of amides is 1. The molecule has 0 aliphatic carbocycles. The van der Waals surface area contributed by atoms with Crippen molar-refractivity contribution in [3.05, 3.63) is 24.0 Å². The highest BCUT2D eigenvalue weighted by atomic mass is 16.1. The van der Waals surface area contributed by atoms with Crippen molar-refractivity contribution >= 4 is 11.6 Å². The van der Waals surface area contributed by atoms with Crippen LogP contribution < -0.4 is 11.1 Å².